The van der Waals surface area contributed by atoms with Crippen molar-refractivity contribution >= 4 is 29.0 Å². The van der Waals surface area contributed by atoms with Crippen LogP contribution in [0.25, 0.3) is 0 Å². The largest absolute Gasteiger partial charge is 0.496 e. The molecule has 0 spiro atoms. The highest BCUT2D eigenvalue weighted by atomic mass is 16.5. The summed E-state index contributed by atoms with van der Waals surface area (Å²) in [7, 11) is 1.65. The molecule has 1 saturated heterocycles. The average Bonchev–Trinajstić information content (AvgIpc) is 3.68. The second-order valence-corrected chi connectivity index (χ2v) is 9.18. The average molecular weight is 458 g/mol. The van der Waals surface area contributed by atoms with E-state index in [1.54, 1.807) is 7.11 Å². The number of benzene rings is 2. The number of aryl methyl sites for hydroxylation is 1. The number of anilines is 4. The van der Waals surface area contributed by atoms with Gasteiger partial charge in [0.15, 0.2) is 0 Å². The number of hydrogen-bond donors (Lipinski definition) is 2. The number of nitrogens with zero attached hydrogens (tertiary/aromatic N) is 3. The Labute approximate surface area is 200 Å². The van der Waals surface area contributed by atoms with Crippen LogP contribution in [0.5, 0.6) is 5.75 Å². The van der Waals surface area contributed by atoms with E-state index in [4.69, 9.17) is 9.72 Å². The standard InChI is InChI=1S/C27H31N5O2/c1-19-18-24(31-26(28-19)32-16-6-3-7-17-32)29-20-10-12-21(13-11-20)30-25(33)27(14-15-27)22-8-4-5-9-23(22)34-2/h4-5,8-13,18H,3,6-7,14-17H2,1-2H3,(H,30,33)(H,28,29,31). The minimum Gasteiger partial charge on any atom is -0.496 e. The SMILES string of the molecule is COc1ccccc1C1(C(=O)Nc2ccc(Nc3cc(C)nc(N4CCCCC4)n3)cc2)CC1. The highest BCUT2D eigenvalue weighted by Crippen LogP contribution is 2.52. The topological polar surface area (TPSA) is 79.4 Å². The van der Waals surface area contributed by atoms with E-state index in [1.165, 1.54) is 19.3 Å². The molecule has 1 aliphatic heterocycles. The number of ether oxygens (including phenoxy) is 1. The Morgan fingerprint density at radius 3 is 2.38 bits per heavy atom. The van der Waals surface area contributed by atoms with Crippen LogP contribution in [0.2, 0.25) is 0 Å². The molecule has 2 heterocycles. The molecule has 0 radical (unpaired) electrons. The third-order valence-corrected chi connectivity index (χ3v) is 6.70. The number of amides is 1. The number of para-hydroxylation sites is 1. The number of hydrogen-bond acceptors (Lipinski definition) is 6. The normalized spacial score (nSPS) is 16.6. The zero-order chi connectivity index (χ0) is 23.5. The van der Waals surface area contributed by atoms with Crippen LogP contribution in [0.4, 0.5) is 23.1 Å². The Kier molecular flexibility index (Phi) is 6.09. The summed E-state index contributed by atoms with van der Waals surface area (Å²) >= 11 is 0. The van der Waals surface area contributed by atoms with Crippen LogP contribution in [-0.4, -0.2) is 36.1 Å². The van der Waals surface area contributed by atoms with Crippen LogP contribution in [-0.2, 0) is 10.2 Å². The van der Waals surface area contributed by atoms with Crippen LogP contribution in [0.1, 0.15) is 43.4 Å². The lowest BCUT2D eigenvalue weighted by atomic mass is 9.94. The fourth-order valence-electron chi connectivity index (χ4n) is 4.67. The van der Waals surface area contributed by atoms with Gasteiger partial charge in [0, 0.05) is 41.8 Å². The lowest BCUT2D eigenvalue weighted by Gasteiger charge is -2.27. The highest BCUT2D eigenvalue weighted by Gasteiger charge is 2.52. The van der Waals surface area contributed by atoms with Crippen molar-refractivity contribution in [3.8, 4) is 5.75 Å². The van der Waals surface area contributed by atoms with Crippen molar-refractivity contribution < 1.29 is 9.53 Å². The zero-order valence-electron chi connectivity index (χ0n) is 19.8. The Morgan fingerprint density at radius 1 is 0.971 bits per heavy atom. The molecule has 2 fully saturated rings. The van der Waals surface area contributed by atoms with E-state index in [1.807, 2.05) is 61.5 Å². The smallest absolute Gasteiger partial charge is 0.235 e. The molecule has 0 unspecified atom stereocenters. The van der Waals surface area contributed by atoms with Crippen molar-refractivity contribution in [2.24, 2.45) is 0 Å². The van der Waals surface area contributed by atoms with E-state index >= 15 is 0 Å². The minimum absolute atomic E-state index is 0.00954. The van der Waals surface area contributed by atoms with Gasteiger partial charge in [-0.1, -0.05) is 18.2 Å². The summed E-state index contributed by atoms with van der Waals surface area (Å²) in [5, 5.41) is 6.47. The molecule has 7 nitrogen and oxygen atoms in total. The fourth-order valence-corrected chi connectivity index (χ4v) is 4.67. The maximum absolute atomic E-state index is 13.2. The molecule has 1 amide bonds. The van der Waals surface area contributed by atoms with Gasteiger partial charge < -0.3 is 20.3 Å². The van der Waals surface area contributed by atoms with Crippen molar-refractivity contribution in [3.63, 3.8) is 0 Å². The van der Waals surface area contributed by atoms with Crippen LogP contribution in [0.15, 0.2) is 54.6 Å². The number of carbonyl (C=O) groups is 1. The number of methoxy groups -OCH3 is 1. The van der Waals surface area contributed by atoms with E-state index in [0.29, 0.717) is 0 Å². The van der Waals surface area contributed by atoms with Crippen LogP contribution in [0.3, 0.4) is 0 Å². The monoisotopic (exact) mass is 457 g/mol. The summed E-state index contributed by atoms with van der Waals surface area (Å²) < 4.78 is 5.50. The number of aromatic nitrogens is 2. The zero-order valence-corrected chi connectivity index (χ0v) is 19.8. The Hall–Kier alpha value is -3.61. The van der Waals surface area contributed by atoms with Gasteiger partial charge in [0.2, 0.25) is 11.9 Å². The molecule has 3 aromatic rings. The Bertz CT molecular complexity index is 1170. The summed E-state index contributed by atoms with van der Waals surface area (Å²) in [5.74, 6) is 2.34. The van der Waals surface area contributed by atoms with Gasteiger partial charge in [0.25, 0.3) is 0 Å². The van der Waals surface area contributed by atoms with Crippen molar-refractivity contribution in [2.45, 2.75) is 44.4 Å². The summed E-state index contributed by atoms with van der Waals surface area (Å²) in [6, 6.07) is 17.5. The number of piperidine rings is 1. The molecule has 2 aliphatic rings. The summed E-state index contributed by atoms with van der Waals surface area (Å²) in [5.41, 5.74) is 3.06. The summed E-state index contributed by atoms with van der Waals surface area (Å²) in [6.07, 6.45) is 5.30. The van der Waals surface area contributed by atoms with E-state index in [9.17, 15) is 4.79 Å². The number of nitrogens with one attached hydrogen (secondary N) is 2. The fraction of sp³-hybridized carbons (Fsp3) is 0.370. The third-order valence-electron chi connectivity index (χ3n) is 6.70. The molecule has 5 rings (SSSR count). The molecule has 7 heteroatoms. The van der Waals surface area contributed by atoms with Crippen molar-refractivity contribution in [1.82, 2.24) is 9.97 Å². The van der Waals surface area contributed by atoms with E-state index in [2.05, 4.69) is 20.5 Å². The Morgan fingerprint density at radius 2 is 1.68 bits per heavy atom. The first-order valence-electron chi connectivity index (χ1n) is 12.0. The summed E-state index contributed by atoms with van der Waals surface area (Å²) in [6.45, 7) is 4.01. The first-order valence-corrected chi connectivity index (χ1v) is 12.0. The lowest BCUT2D eigenvalue weighted by molar-refractivity contribution is -0.118. The molecule has 0 atom stereocenters. The van der Waals surface area contributed by atoms with E-state index in [-0.39, 0.29) is 5.91 Å². The van der Waals surface area contributed by atoms with Crippen LogP contribution in [0, 0.1) is 6.92 Å². The highest BCUT2D eigenvalue weighted by molar-refractivity contribution is 6.02. The number of carbonyl (C=O) groups excluding carboxylic acids is 1. The quantitative estimate of drug-likeness (QED) is 0.508. The van der Waals surface area contributed by atoms with Crippen molar-refractivity contribution in [3.05, 3.63) is 65.9 Å². The van der Waals surface area contributed by atoms with Crippen LogP contribution < -0.4 is 20.3 Å². The maximum atomic E-state index is 13.2. The van der Waals surface area contributed by atoms with Crippen LogP contribution >= 0.6 is 0 Å². The van der Waals surface area contributed by atoms with Gasteiger partial charge in [0.05, 0.1) is 12.5 Å². The van der Waals surface area contributed by atoms with Crippen molar-refractivity contribution in [1.29, 1.82) is 0 Å². The second kappa shape index (κ2) is 9.33. The van der Waals surface area contributed by atoms with Gasteiger partial charge in [0.1, 0.15) is 11.6 Å². The molecular formula is C27H31N5O2. The van der Waals surface area contributed by atoms with Crippen molar-refractivity contribution in [2.75, 3.05) is 35.7 Å². The number of rotatable bonds is 7. The first-order chi connectivity index (χ1) is 16.6. The molecule has 0 bridgehead atoms. The molecule has 1 saturated carbocycles. The molecule has 2 aromatic carbocycles. The van der Waals surface area contributed by atoms with E-state index in [0.717, 1.165) is 66.1 Å². The minimum atomic E-state index is -0.507. The van der Waals surface area contributed by atoms with Gasteiger partial charge in [-0.15, -0.1) is 0 Å². The first kappa shape index (κ1) is 22.2. The molecule has 1 aromatic heterocycles. The van der Waals surface area contributed by atoms with Gasteiger partial charge in [-0.05, 0) is 69.4 Å². The summed E-state index contributed by atoms with van der Waals surface area (Å²) in [4.78, 5) is 24.8. The molecule has 1 aliphatic carbocycles. The van der Waals surface area contributed by atoms with Gasteiger partial charge >= 0.3 is 0 Å². The van der Waals surface area contributed by atoms with Gasteiger partial charge in [-0.25, -0.2) is 4.98 Å². The molecular weight excluding hydrogens is 426 g/mol. The predicted octanol–water partition coefficient (Wildman–Crippen LogP) is 5.20. The van der Waals surface area contributed by atoms with E-state index < -0.39 is 5.41 Å². The predicted molar refractivity (Wildman–Crippen MR) is 135 cm³/mol. The Balaban J connectivity index is 1.27. The maximum Gasteiger partial charge on any atom is 0.235 e. The van der Waals surface area contributed by atoms with Gasteiger partial charge in [-0.3, -0.25) is 4.79 Å². The third kappa shape index (κ3) is 4.55. The molecule has 34 heavy (non-hydrogen) atoms. The van der Waals surface area contributed by atoms with Gasteiger partial charge in [-0.2, -0.15) is 4.98 Å². The lowest BCUT2D eigenvalue weighted by Crippen LogP contribution is -2.31. The molecule has 2 N–H and O–H groups in total. The second-order valence-electron chi connectivity index (χ2n) is 9.18. The molecule has 176 valence electrons.